The van der Waals surface area contributed by atoms with Gasteiger partial charge in [0.05, 0.1) is 13.2 Å². The van der Waals surface area contributed by atoms with Crippen LogP contribution in [0, 0.1) is 0 Å². The minimum Gasteiger partial charge on any atom is -0.469 e. The van der Waals surface area contributed by atoms with Crippen LogP contribution in [0.25, 0.3) is 0 Å². The van der Waals surface area contributed by atoms with Crippen LogP contribution in [0.3, 0.4) is 0 Å². The third-order valence-electron chi connectivity index (χ3n) is 3.58. The number of aliphatic hydroxyl groups excluding tert-OH is 1. The Morgan fingerprint density at radius 2 is 2.14 bits per heavy atom. The van der Waals surface area contributed by atoms with Crippen molar-refractivity contribution in [3.8, 4) is 0 Å². The van der Waals surface area contributed by atoms with Crippen molar-refractivity contribution in [2.45, 2.75) is 51.6 Å². The van der Waals surface area contributed by atoms with Gasteiger partial charge in [-0.15, -0.1) is 0 Å². The maximum absolute atomic E-state index is 11.0. The summed E-state index contributed by atoms with van der Waals surface area (Å²) in [4.78, 5) is 17.7. The summed E-state index contributed by atoms with van der Waals surface area (Å²) < 4.78 is 4.61. The van der Waals surface area contributed by atoms with Crippen molar-refractivity contribution in [1.82, 2.24) is 10.2 Å². The maximum atomic E-state index is 11.0. The summed E-state index contributed by atoms with van der Waals surface area (Å²) in [6, 6.07) is 0. The van der Waals surface area contributed by atoms with Crippen LogP contribution in [0.4, 0.5) is 0 Å². The number of nitrogens with zero attached hydrogens (tertiary/aromatic N) is 2. The van der Waals surface area contributed by atoms with Crippen molar-refractivity contribution in [3.05, 3.63) is 0 Å². The Morgan fingerprint density at radius 1 is 1.38 bits per heavy atom. The molecule has 21 heavy (non-hydrogen) atoms. The van der Waals surface area contributed by atoms with Gasteiger partial charge in [-0.1, -0.05) is 12.8 Å². The fourth-order valence-corrected chi connectivity index (χ4v) is 2.38. The highest BCUT2D eigenvalue weighted by Gasteiger charge is 2.22. The summed E-state index contributed by atoms with van der Waals surface area (Å²) in [7, 11) is 1.43. The molecule has 1 fully saturated rings. The number of ether oxygens (including phenoxy) is 1. The SMILES string of the molecule is CCNC(=NCCCCCCC(=O)OC)N1CC[C@@H](O)C1. The normalized spacial score (nSPS) is 18.9. The second kappa shape index (κ2) is 10.4. The van der Waals surface area contributed by atoms with Crippen molar-refractivity contribution in [2.24, 2.45) is 4.99 Å². The van der Waals surface area contributed by atoms with Crippen molar-refractivity contribution >= 4 is 11.9 Å². The van der Waals surface area contributed by atoms with Gasteiger partial charge in [-0.05, 0) is 26.2 Å². The van der Waals surface area contributed by atoms with Gasteiger partial charge in [0.2, 0.25) is 0 Å². The number of guanidine groups is 1. The van der Waals surface area contributed by atoms with Crippen LogP contribution in [0.5, 0.6) is 0 Å². The number of aliphatic imine (C=N–C) groups is 1. The van der Waals surface area contributed by atoms with E-state index in [4.69, 9.17) is 0 Å². The van der Waals surface area contributed by atoms with Gasteiger partial charge < -0.3 is 20.1 Å². The molecular formula is C15H29N3O3. The molecule has 0 aliphatic carbocycles. The van der Waals surface area contributed by atoms with E-state index in [0.717, 1.165) is 57.7 Å². The predicted octanol–water partition coefficient (Wildman–Crippen LogP) is 1.14. The molecular weight excluding hydrogens is 270 g/mol. The zero-order chi connectivity index (χ0) is 15.5. The van der Waals surface area contributed by atoms with Crippen molar-refractivity contribution in [1.29, 1.82) is 0 Å². The van der Waals surface area contributed by atoms with Crippen molar-refractivity contribution in [3.63, 3.8) is 0 Å². The topological polar surface area (TPSA) is 74.2 Å². The maximum Gasteiger partial charge on any atom is 0.305 e. The lowest BCUT2D eigenvalue weighted by Gasteiger charge is -2.20. The fourth-order valence-electron chi connectivity index (χ4n) is 2.38. The quantitative estimate of drug-likeness (QED) is 0.304. The molecule has 1 aliphatic rings. The second-order valence-electron chi connectivity index (χ2n) is 5.36. The molecule has 6 heteroatoms. The fraction of sp³-hybridized carbons (Fsp3) is 0.867. The van der Waals surface area contributed by atoms with Gasteiger partial charge in [0.25, 0.3) is 0 Å². The molecule has 0 spiro atoms. The molecule has 1 rings (SSSR count). The second-order valence-corrected chi connectivity index (χ2v) is 5.36. The highest BCUT2D eigenvalue weighted by atomic mass is 16.5. The zero-order valence-electron chi connectivity index (χ0n) is 13.3. The number of rotatable bonds is 8. The smallest absolute Gasteiger partial charge is 0.305 e. The average molecular weight is 299 g/mol. The Hall–Kier alpha value is -1.30. The monoisotopic (exact) mass is 299 g/mol. The van der Waals surface area contributed by atoms with Crippen LogP contribution in [0.1, 0.15) is 45.4 Å². The first-order valence-electron chi connectivity index (χ1n) is 7.95. The number of methoxy groups -OCH3 is 1. The number of unbranched alkanes of at least 4 members (excludes halogenated alkanes) is 3. The van der Waals surface area contributed by atoms with Crippen LogP contribution in [0.2, 0.25) is 0 Å². The summed E-state index contributed by atoms with van der Waals surface area (Å²) in [5, 5.41) is 12.9. The number of esters is 1. The van der Waals surface area contributed by atoms with Gasteiger partial charge >= 0.3 is 5.97 Å². The van der Waals surface area contributed by atoms with E-state index < -0.39 is 0 Å². The molecule has 1 aliphatic heterocycles. The van der Waals surface area contributed by atoms with E-state index >= 15 is 0 Å². The average Bonchev–Trinajstić information content (AvgIpc) is 2.91. The summed E-state index contributed by atoms with van der Waals surface area (Å²) in [5.41, 5.74) is 0. The van der Waals surface area contributed by atoms with Crippen LogP contribution in [-0.4, -0.2) is 61.3 Å². The summed E-state index contributed by atoms with van der Waals surface area (Å²) in [6.45, 7) is 5.21. The van der Waals surface area contributed by atoms with E-state index in [2.05, 4.69) is 26.9 Å². The summed E-state index contributed by atoms with van der Waals surface area (Å²) in [5.74, 6) is 0.777. The third-order valence-corrected chi connectivity index (χ3v) is 3.58. The summed E-state index contributed by atoms with van der Waals surface area (Å²) in [6.07, 6.45) is 5.10. The Bertz CT molecular complexity index is 334. The van der Waals surface area contributed by atoms with E-state index in [0.29, 0.717) is 13.0 Å². The molecule has 1 saturated heterocycles. The van der Waals surface area contributed by atoms with Gasteiger partial charge in [0.15, 0.2) is 5.96 Å². The molecule has 0 amide bonds. The minimum absolute atomic E-state index is 0.130. The highest BCUT2D eigenvalue weighted by molar-refractivity contribution is 5.80. The molecule has 6 nitrogen and oxygen atoms in total. The number of likely N-dealkylation sites (tertiary alicyclic amines) is 1. The number of hydrogen-bond donors (Lipinski definition) is 2. The molecule has 0 aromatic rings. The lowest BCUT2D eigenvalue weighted by atomic mass is 10.1. The van der Waals surface area contributed by atoms with Crippen molar-refractivity contribution < 1.29 is 14.6 Å². The number of aliphatic hydroxyl groups is 1. The van der Waals surface area contributed by atoms with Crippen LogP contribution < -0.4 is 5.32 Å². The Balaban J connectivity index is 2.17. The Kier molecular flexibility index (Phi) is 8.82. The number of nitrogens with one attached hydrogen (secondary N) is 1. The Labute approximate surface area is 127 Å². The van der Waals surface area contributed by atoms with E-state index in [1.807, 2.05) is 0 Å². The van der Waals surface area contributed by atoms with Gasteiger partial charge in [-0.2, -0.15) is 0 Å². The van der Waals surface area contributed by atoms with Gasteiger partial charge in [-0.25, -0.2) is 0 Å². The summed E-state index contributed by atoms with van der Waals surface area (Å²) >= 11 is 0. The standard InChI is InChI=1S/C15H29N3O3/c1-3-16-15(18-11-9-13(19)12-18)17-10-7-5-4-6-8-14(20)21-2/h13,19H,3-12H2,1-2H3,(H,16,17)/t13-/m1/s1. The number of β-amino-alcohol motifs (C(OH)–C–C–N with tert-alkyl or cyclic N) is 1. The Morgan fingerprint density at radius 3 is 2.76 bits per heavy atom. The molecule has 0 bridgehead atoms. The number of hydrogen-bond acceptors (Lipinski definition) is 4. The predicted molar refractivity (Wildman–Crippen MR) is 83.3 cm³/mol. The zero-order valence-corrected chi connectivity index (χ0v) is 13.3. The third kappa shape index (κ3) is 7.32. The first kappa shape index (κ1) is 17.8. The van der Waals surface area contributed by atoms with E-state index in [-0.39, 0.29) is 12.1 Å². The lowest BCUT2D eigenvalue weighted by Crippen LogP contribution is -2.40. The van der Waals surface area contributed by atoms with Crippen LogP contribution >= 0.6 is 0 Å². The molecule has 0 saturated carbocycles. The molecule has 1 heterocycles. The van der Waals surface area contributed by atoms with E-state index in [1.165, 1.54) is 7.11 Å². The lowest BCUT2D eigenvalue weighted by molar-refractivity contribution is -0.140. The van der Waals surface area contributed by atoms with Crippen LogP contribution in [0.15, 0.2) is 4.99 Å². The first-order valence-corrected chi connectivity index (χ1v) is 7.95. The van der Waals surface area contributed by atoms with Crippen molar-refractivity contribution in [2.75, 3.05) is 33.3 Å². The van der Waals surface area contributed by atoms with Gasteiger partial charge in [0.1, 0.15) is 0 Å². The number of carbonyl (C=O) groups is 1. The molecule has 0 aromatic carbocycles. The van der Waals surface area contributed by atoms with E-state index in [1.54, 1.807) is 0 Å². The molecule has 0 aromatic heterocycles. The largest absolute Gasteiger partial charge is 0.469 e. The molecule has 0 radical (unpaired) electrons. The van der Waals surface area contributed by atoms with Gasteiger partial charge in [-0.3, -0.25) is 9.79 Å². The van der Waals surface area contributed by atoms with Crippen LogP contribution in [-0.2, 0) is 9.53 Å². The molecule has 0 unspecified atom stereocenters. The minimum atomic E-state index is -0.229. The number of carbonyl (C=O) groups excluding carboxylic acids is 1. The highest BCUT2D eigenvalue weighted by Crippen LogP contribution is 2.09. The first-order chi connectivity index (χ1) is 10.2. The molecule has 122 valence electrons. The van der Waals surface area contributed by atoms with E-state index in [9.17, 15) is 9.90 Å². The van der Waals surface area contributed by atoms with Gasteiger partial charge in [0, 0.05) is 32.6 Å². The molecule has 2 N–H and O–H groups in total. The molecule has 1 atom stereocenters.